The molecule has 1 N–H and O–H groups in total. The van der Waals surface area contributed by atoms with Crippen LogP contribution in [-0.2, 0) is 23.9 Å². The van der Waals surface area contributed by atoms with Gasteiger partial charge in [-0.2, -0.15) is 0 Å². The van der Waals surface area contributed by atoms with Gasteiger partial charge in [-0.3, -0.25) is 14.4 Å². The number of hydrogen-bond acceptors (Lipinski definition) is 7. The summed E-state index contributed by atoms with van der Waals surface area (Å²) in [5.41, 5.74) is -1.14. The van der Waals surface area contributed by atoms with Crippen molar-refractivity contribution in [3.8, 4) is 5.75 Å². The molecule has 0 amide bonds. The molecule has 0 unspecified atom stereocenters. The van der Waals surface area contributed by atoms with E-state index in [0.29, 0.717) is 11.3 Å². The fourth-order valence-electron chi connectivity index (χ4n) is 3.94. The molecule has 4 atom stereocenters. The lowest BCUT2D eigenvalue weighted by Crippen LogP contribution is -2.55. The van der Waals surface area contributed by atoms with Crippen molar-refractivity contribution in [2.45, 2.75) is 52.6 Å². The van der Waals surface area contributed by atoms with E-state index in [-0.39, 0.29) is 31.5 Å². The Balaban J connectivity index is 2.55. The maximum Gasteiger partial charge on any atom is 0.317 e. The molecule has 1 aliphatic rings. The summed E-state index contributed by atoms with van der Waals surface area (Å²) in [4.78, 5) is 39.1. The zero-order chi connectivity index (χ0) is 23.3. The van der Waals surface area contributed by atoms with Crippen LogP contribution in [0.25, 0.3) is 0 Å². The first-order valence-electron chi connectivity index (χ1n) is 10.7. The zero-order valence-electron chi connectivity index (χ0n) is 19.2. The van der Waals surface area contributed by atoms with Gasteiger partial charge >= 0.3 is 11.9 Å². The number of hydrogen-bond donors (Lipinski definition) is 1. The molecule has 1 saturated carbocycles. The molecule has 1 fully saturated rings. The summed E-state index contributed by atoms with van der Waals surface area (Å²) in [6.45, 7) is 9.37. The third kappa shape index (κ3) is 6.06. The maximum absolute atomic E-state index is 13.1. The molecule has 0 saturated heterocycles. The predicted octanol–water partition coefficient (Wildman–Crippen LogP) is 3.13. The van der Waals surface area contributed by atoms with Crippen LogP contribution in [0.2, 0.25) is 0 Å². The summed E-state index contributed by atoms with van der Waals surface area (Å²) in [6, 6.07) is 6.83. The molecule has 1 aromatic carbocycles. The Hall–Kier alpha value is -2.41. The molecule has 0 aliphatic heterocycles. The van der Waals surface area contributed by atoms with E-state index >= 15 is 0 Å². The number of ether oxygens (including phenoxy) is 3. The SMILES string of the molecule is COc1cccc([C@H]2[C@H](C(=O)OCC(C)C)C(=O)C[C@](C)(O)[C@H]2C(=O)OCC(C)C)c1. The number of carbonyl (C=O) groups is 3. The van der Waals surface area contributed by atoms with Crippen molar-refractivity contribution < 1.29 is 33.7 Å². The van der Waals surface area contributed by atoms with Crippen LogP contribution in [0.5, 0.6) is 5.75 Å². The van der Waals surface area contributed by atoms with Gasteiger partial charge in [0.1, 0.15) is 11.7 Å². The fourth-order valence-corrected chi connectivity index (χ4v) is 3.94. The largest absolute Gasteiger partial charge is 0.497 e. The van der Waals surface area contributed by atoms with Gasteiger partial charge in [-0.1, -0.05) is 39.8 Å². The molecule has 172 valence electrons. The van der Waals surface area contributed by atoms with Gasteiger partial charge in [0.15, 0.2) is 5.78 Å². The predicted molar refractivity (Wildman–Crippen MR) is 115 cm³/mol. The van der Waals surface area contributed by atoms with Crippen molar-refractivity contribution >= 4 is 17.7 Å². The number of rotatable bonds is 8. The van der Waals surface area contributed by atoms with Crippen LogP contribution in [0.1, 0.15) is 52.5 Å². The average molecular weight is 435 g/mol. The van der Waals surface area contributed by atoms with Gasteiger partial charge in [0.05, 0.1) is 31.8 Å². The van der Waals surface area contributed by atoms with Gasteiger partial charge < -0.3 is 19.3 Å². The highest BCUT2D eigenvalue weighted by molar-refractivity contribution is 6.02. The molecule has 0 radical (unpaired) electrons. The van der Waals surface area contributed by atoms with E-state index in [4.69, 9.17) is 14.2 Å². The molecule has 2 rings (SSSR count). The number of ketones is 1. The third-order valence-corrected chi connectivity index (χ3v) is 5.37. The summed E-state index contributed by atoms with van der Waals surface area (Å²) in [5.74, 6) is -4.36. The first-order valence-corrected chi connectivity index (χ1v) is 10.7. The lowest BCUT2D eigenvalue weighted by molar-refractivity contribution is -0.173. The van der Waals surface area contributed by atoms with Gasteiger partial charge in [0.2, 0.25) is 0 Å². The van der Waals surface area contributed by atoms with E-state index in [1.807, 2.05) is 27.7 Å². The lowest BCUT2D eigenvalue weighted by atomic mass is 9.61. The summed E-state index contributed by atoms with van der Waals surface area (Å²) in [5, 5.41) is 11.1. The standard InChI is InChI=1S/C24H34O7/c1-14(2)12-30-22(26)20-18(25)11-24(5,28)21(23(27)31-13-15(3)4)19(20)16-8-7-9-17(10-16)29-6/h7-10,14-15,19-21,28H,11-13H2,1-6H3/t19-,20+,21+,24-/m0/s1. The highest BCUT2D eigenvalue weighted by Crippen LogP contribution is 2.47. The highest BCUT2D eigenvalue weighted by atomic mass is 16.5. The lowest BCUT2D eigenvalue weighted by Gasteiger charge is -2.43. The van der Waals surface area contributed by atoms with Gasteiger partial charge in [-0.25, -0.2) is 0 Å². The second-order valence-electron chi connectivity index (χ2n) is 9.31. The van der Waals surface area contributed by atoms with Crippen LogP contribution in [0.4, 0.5) is 0 Å². The van der Waals surface area contributed by atoms with Crippen LogP contribution in [0.15, 0.2) is 24.3 Å². The monoisotopic (exact) mass is 434 g/mol. The number of methoxy groups -OCH3 is 1. The molecule has 0 aromatic heterocycles. The molecule has 7 heteroatoms. The van der Waals surface area contributed by atoms with Crippen molar-refractivity contribution in [1.82, 2.24) is 0 Å². The minimum Gasteiger partial charge on any atom is -0.497 e. The second kappa shape index (κ2) is 10.3. The Kier molecular flexibility index (Phi) is 8.23. The quantitative estimate of drug-likeness (QED) is 0.496. The fraction of sp³-hybridized carbons (Fsp3) is 0.625. The van der Waals surface area contributed by atoms with E-state index in [9.17, 15) is 19.5 Å². The Morgan fingerprint density at radius 2 is 1.68 bits per heavy atom. The smallest absolute Gasteiger partial charge is 0.317 e. The molecule has 0 bridgehead atoms. The zero-order valence-corrected chi connectivity index (χ0v) is 19.2. The Labute approximate surface area is 184 Å². The molecule has 31 heavy (non-hydrogen) atoms. The topological polar surface area (TPSA) is 99.1 Å². The minimum absolute atomic E-state index is 0.0906. The summed E-state index contributed by atoms with van der Waals surface area (Å²) in [7, 11) is 1.50. The highest BCUT2D eigenvalue weighted by Gasteiger charge is 2.57. The molecular formula is C24H34O7. The average Bonchev–Trinajstić information content (AvgIpc) is 2.69. The van der Waals surface area contributed by atoms with Crippen LogP contribution in [0.3, 0.4) is 0 Å². The van der Waals surface area contributed by atoms with Crippen LogP contribution < -0.4 is 4.74 Å². The molecule has 0 heterocycles. The van der Waals surface area contributed by atoms with E-state index < -0.39 is 41.1 Å². The van der Waals surface area contributed by atoms with E-state index in [2.05, 4.69) is 0 Å². The van der Waals surface area contributed by atoms with Crippen LogP contribution in [-0.4, -0.2) is 48.8 Å². The van der Waals surface area contributed by atoms with Crippen molar-refractivity contribution in [1.29, 1.82) is 0 Å². The molecule has 0 spiro atoms. The number of Topliss-reactive ketones (excluding diaryl/α,β-unsaturated/α-hetero) is 1. The maximum atomic E-state index is 13.1. The summed E-state index contributed by atoms with van der Waals surface area (Å²) < 4.78 is 16.1. The van der Waals surface area contributed by atoms with E-state index in [1.54, 1.807) is 24.3 Å². The van der Waals surface area contributed by atoms with Crippen molar-refractivity contribution in [3.63, 3.8) is 0 Å². The van der Waals surface area contributed by atoms with Crippen molar-refractivity contribution in [2.24, 2.45) is 23.7 Å². The number of benzene rings is 1. The first-order chi connectivity index (χ1) is 14.5. The summed E-state index contributed by atoms with van der Waals surface area (Å²) >= 11 is 0. The minimum atomic E-state index is -1.67. The van der Waals surface area contributed by atoms with Gasteiger partial charge in [0.25, 0.3) is 0 Å². The van der Waals surface area contributed by atoms with E-state index in [1.165, 1.54) is 14.0 Å². The Morgan fingerprint density at radius 3 is 2.23 bits per heavy atom. The van der Waals surface area contributed by atoms with Gasteiger partial charge in [-0.15, -0.1) is 0 Å². The second-order valence-corrected chi connectivity index (χ2v) is 9.31. The normalized spacial score (nSPS) is 26.1. The Bertz CT molecular complexity index is 797. The Morgan fingerprint density at radius 1 is 1.10 bits per heavy atom. The number of carbonyl (C=O) groups excluding carboxylic acids is 3. The van der Waals surface area contributed by atoms with Crippen molar-refractivity contribution in [3.05, 3.63) is 29.8 Å². The third-order valence-electron chi connectivity index (χ3n) is 5.37. The summed E-state index contributed by atoms with van der Waals surface area (Å²) in [6.07, 6.45) is -0.337. The number of esters is 2. The van der Waals surface area contributed by atoms with Gasteiger partial charge in [0, 0.05) is 12.3 Å². The van der Waals surface area contributed by atoms with Gasteiger partial charge in [-0.05, 0) is 36.5 Å². The van der Waals surface area contributed by atoms with Crippen molar-refractivity contribution in [2.75, 3.05) is 20.3 Å². The molecule has 7 nitrogen and oxygen atoms in total. The first kappa shape index (κ1) is 24.9. The van der Waals surface area contributed by atoms with Crippen LogP contribution in [0, 0.1) is 23.7 Å². The van der Waals surface area contributed by atoms with E-state index in [0.717, 1.165) is 0 Å². The number of aliphatic hydroxyl groups is 1. The van der Waals surface area contributed by atoms with Crippen LogP contribution >= 0.6 is 0 Å². The molecular weight excluding hydrogens is 400 g/mol. The molecule has 1 aromatic rings. The molecule has 1 aliphatic carbocycles.